The number of carbonyl (C=O) groups excluding carboxylic acids is 1. The molecule has 0 aliphatic carbocycles. The smallest absolute Gasteiger partial charge is 0.260 e. The van der Waals surface area contributed by atoms with Crippen LogP contribution in [0.25, 0.3) is 0 Å². The van der Waals surface area contributed by atoms with Crippen molar-refractivity contribution in [1.82, 2.24) is 5.32 Å². The molecular weight excluding hydrogens is 309 g/mol. The van der Waals surface area contributed by atoms with Crippen molar-refractivity contribution in [3.63, 3.8) is 0 Å². The molecule has 2 aromatic rings. The van der Waals surface area contributed by atoms with Crippen molar-refractivity contribution in [1.29, 1.82) is 0 Å². The summed E-state index contributed by atoms with van der Waals surface area (Å²) in [4.78, 5) is 12.1. The second-order valence-corrected chi connectivity index (χ2v) is 5.62. The van der Waals surface area contributed by atoms with Gasteiger partial charge < -0.3 is 14.8 Å². The zero-order valence-corrected chi connectivity index (χ0v) is 14.1. The minimum absolute atomic E-state index is 0.210. The Bertz CT molecular complexity index is 686. The molecule has 0 unspecified atom stereocenters. The zero-order chi connectivity index (χ0) is 17.5. The van der Waals surface area contributed by atoms with Crippen LogP contribution in [0.5, 0.6) is 11.5 Å². The summed E-state index contributed by atoms with van der Waals surface area (Å²) in [5.74, 6) is 0.747. The van der Waals surface area contributed by atoms with E-state index in [0.717, 1.165) is 11.1 Å². The van der Waals surface area contributed by atoms with Crippen LogP contribution < -0.4 is 14.8 Å². The summed E-state index contributed by atoms with van der Waals surface area (Å²) < 4.78 is 23.9. The molecule has 0 fully saturated rings. The van der Waals surface area contributed by atoms with Gasteiger partial charge in [-0.1, -0.05) is 12.1 Å². The number of amides is 1. The van der Waals surface area contributed by atoms with Gasteiger partial charge in [0.25, 0.3) is 5.91 Å². The summed E-state index contributed by atoms with van der Waals surface area (Å²) in [5, 5.41) is 2.76. The Hall–Kier alpha value is -2.56. The van der Waals surface area contributed by atoms with Gasteiger partial charge in [0.2, 0.25) is 0 Å². The summed E-state index contributed by atoms with van der Waals surface area (Å²) in [6.45, 7) is 6.27. The van der Waals surface area contributed by atoms with Crippen LogP contribution in [0.3, 0.4) is 0 Å². The van der Waals surface area contributed by atoms with Crippen molar-refractivity contribution in [3.8, 4) is 11.5 Å². The molecule has 4 nitrogen and oxygen atoms in total. The number of hydrogen-bond acceptors (Lipinski definition) is 3. The summed E-state index contributed by atoms with van der Waals surface area (Å²) in [6, 6.07) is 11.6. The van der Waals surface area contributed by atoms with Crippen LogP contribution in [0.15, 0.2) is 42.5 Å². The average Bonchev–Trinajstić information content (AvgIpc) is 2.56. The van der Waals surface area contributed by atoms with Crippen LogP contribution in [0.1, 0.15) is 18.1 Å². The first-order valence-electron chi connectivity index (χ1n) is 7.85. The maximum atomic E-state index is 12.8. The van der Waals surface area contributed by atoms with E-state index in [2.05, 4.69) is 5.32 Å². The fraction of sp³-hybridized carbons (Fsp3) is 0.316. The van der Waals surface area contributed by atoms with E-state index in [9.17, 15) is 9.18 Å². The third kappa shape index (κ3) is 5.26. The van der Waals surface area contributed by atoms with Crippen molar-refractivity contribution in [2.75, 3.05) is 13.2 Å². The molecule has 0 saturated heterocycles. The van der Waals surface area contributed by atoms with Gasteiger partial charge in [0.05, 0.1) is 6.54 Å². The highest BCUT2D eigenvalue weighted by Gasteiger charge is 2.15. The fourth-order valence-electron chi connectivity index (χ4n) is 2.10. The number of ether oxygens (including phenoxy) is 2. The van der Waals surface area contributed by atoms with Crippen LogP contribution >= 0.6 is 0 Å². The zero-order valence-electron chi connectivity index (χ0n) is 14.1. The fourth-order valence-corrected chi connectivity index (χ4v) is 2.10. The quantitative estimate of drug-likeness (QED) is 0.791. The number of rotatable bonds is 7. The first kappa shape index (κ1) is 17.8. The standard InChI is InChI=1S/C19H22FNO3/c1-13-4-5-14(2)18(12-13)24-15(3)19(22)21-10-11-23-17-8-6-16(20)7-9-17/h4-9,12,15H,10-11H2,1-3H3,(H,21,22)/t15-/m1/s1. The molecule has 0 aliphatic rings. The Morgan fingerprint density at radius 1 is 1.17 bits per heavy atom. The van der Waals surface area contributed by atoms with E-state index in [4.69, 9.17) is 9.47 Å². The molecule has 2 aromatic carbocycles. The van der Waals surface area contributed by atoms with E-state index in [1.54, 1.807) is 19.1 Å². The van der Waals surface area contributed by atoms with Gasteiger partial charge in [0.15, 0.2) is 6.10 Å². The van der Waals surface area contributed by atoms with Gasteiger partial charge in [0, 0.05) is 0 Å². The maximum Gasteiger partial charge on any atom is 0.260 e. The van der Waals surface area contributed by atoms with Gasteiger partial charge in [-0.3, -0.25) is 4.79 Å². The van der Waals surface area contributed by atoms with E-state index in [1.165, 1.54) is 12.1 Å². The second-order valence-electron chi connectivity index (χ2n) is 5.62. The van der Waals surface area contributed by atoms with E-state index in [-0.39, 0.29) is 11.7 Å². The highest BCUT2D eigenvalue weighted by Crippen LogP contribution is 2.20. The lowest BCUT2D eigenvalue weighted by molar-refractivity contribution is -0.127. The highest BCUT2D eigenvalue weighted by molar-refractivity contribution is 5.80. The van der Waals surface area contributed by atoms with Gasteiger partial charge in [-0.15, -0.1) is 0 Å². The number of benzene rings is 2. The largest absolute Gasteiger partial charge is 0.492 e. The highest BCUT2D eigenvalue weighted by atomic mass is 19.1. The minimum Gasteiger partial charge on any atom is -0.492 e. The average molecular weight is 331 g/mol. The minimum atomic E-state index is -0.601. The molecule has 0 aromatic heterocycles. The molecule has 0 aliphatic heterocycles. The van der Waals surface area contributed by atoms with Gasteiger partial charge in [-0.05, 0) is 62.2 Å². The lowest BCUT2D eigenvalue weighted by atomic mass is 10.1. The summed E-state index contributed by atoms with van der Waals surface area (Å²) >= 11 is 0. The molecule has 5 heteroatoms. The third-order valence-corrected chi connectivity index (χ3v) is 3.50. The molecule has 0 bridgehead atoms. The van der Waals surface area contributed by atoms with Gasteiger partial charge >= 0.3 is 0 Å². The Morgan fingerprint density at radius 2 is 1.88 bits per heavy atom. The van der Waals surface area contributed by atoms with Crippen LogP contribution in [0, 0.1) is 19.7 Å². The monoisotopic (exact) mass is 331 g/mol. The van der Waals surface area contributed by atoms with E-state index < -0.39 is 6.10 Å². The van der Waals surface area contributed by atoms with Gasteiger partial charge in [-0.2, -0.15) is 0 Å². The van der Waals surface area contributed by atoms with Crippen molar-refractivity contribution in [2.45, 2.75) is 26.9 Å². The van der Waals surface area contributed by atoms with Crippen LogP contribution in [-0.4, -0.2) is 25.2 Å². The SMILES string of the molecule is Cc1ccc(C)c(O[C@H](C)C(=O)NCCOc2ccc(F)cc2)c1. The maximum absolute atomic E-state index is 12.8. The Morgan fingerprint density at radius 3 is 2.58 bits per heavy atom. The molecule has 2 rings (SSSR count). The molecule has 1 atom stereocenters. The Labute approximate surface area is 141 Å². The molecule has 0 spiro atoms. The van der Waals surface area contributed by atoms with Crippen molar-refractivity contribution < 1.29 is 18.7 Å². The Balaban J connectivity index is 1.75. The summed E-state index contributed by atoms with van der Waals surface area (Å²) in [6.07, 6.45) is -0.601. The molecule has 0 heterocycles. The summed E-state index contributed by atoms with van der Waals surface area (Å²) in [7, 11) is 0. The van der Waals surface area contributed by atoms with Gasteiger partial charge in [-0.25, -0.2) is 4.39 Å². The molecule has 0 radical (unpaired) electrons. The van der Waals surface area contributed by atoms with E-state index >= 15 is 0 Å². The number of nitrogens with one attached hydrogen (secondary N) is 1. The van der Waals surface area contributed by atoms with Crippen LogP contribution in [-0.2, 0) is 4.79 Å². The first-order valence-corrected chi connectivity index (χ1v) is 7.85. The number of carbonyl (C=O) groups is 1. The molecule has 24 heavy (non-hydrogen) atoms. The molecule has 128 valence electrons. The normalized spacial score (nSPS) is 11.7. The Kier molecular flexibility index (Phi) is 6.18. The predicted molar refractivity (Wildman–Crippen MR) is 90.9 cm³/mol. The molecule has 0 saturated carbocycles. The van der Waals surface area contributed by atoms with Crippen LogP contribution in [0.4, 0.5) is 4.39 Å². The third-order valence-electron chi connectivity index (χ3n) is 3.50. The van der Waals surface area contributed by atoms with E-state index in [1.807, 2.05) is 32.0 Å². The number of hydrogen-bond donors (Lipinski definition) is 1. The number of aryl methyl sites for hydroxylation is 2. The van der Waals surface area contributed by atoms with Crippen molar-refractivity contribution in [3.05, 3.63) is 59.4 Å². The molecular formula is C19H22FNO3. The topological polar surface area (TPSA) is 47.6 Å². The van der Waals surface area contributed by atoms with Crippen molar-refractivity contribution >= 4 is 5.91 Å². The summed E-state index contributed by atoms with van der Waals surface area (Å²) in [5.41, 5.74) is 2.07. The van der Waals surface area contributed by atoms with Crippen LogP contribution in [0.2, 0.25) is 0 Å². The second kappa shape index (κ2) is 8.34. The molecule has 1 amide bonds. The van der Waals surface area contributed by atoms with Gasteiger partial charge in [0.1, 0.15) is 23.9 Å². The number of halogens is 1. The lowest BCUT2D eigenvalue weighted by Gasteiger charge is -2.17. The first-order chi connectivity index (χ1) is 11.5. The lowest BCUT2D eigenvalue weighted by Crippen LogP contribution is -2.38. The van der Waals surface area contributed by atoms with E-state index in [0.29, 0.717) is 24.7 Å². The molecule has 1 N–H and O–H groups in total. The van der Waals surface area contributed by atoms with Crippen molar-refractivity contribution in [2.24, 2.45) is 0 Å². The predicted octanol–water partition coefficient (Wildman–Crippen LogP) is 3.41.